The van der Waals surface area contributed by atoms with Crippen molar-refractivity contribution in [1.29, 1.82) is 0 Å². The van der Waals surface area contributed by atoms with Gasteiger partial charge in [-0.25, -0.2) is 4.98 Å². The summed E-state index contributed by atoms with van der Waals surface area (Å²) in [5.41, 5.74) is 1.06. The van der Waals surface area contributed by atoms with Gasteiger partial charge in [0.1, 0.15) is 11.5 Å². The van der Waals surface area contributed by atoms with Gasteiger partial charge in [0.2, 0.25) is 5.88 Å². The summed E-state index contributed by atoms with van der Waals surface area (Å²) in [5, 5.41) is 3.36. The van der Waals surface area contributed by atoms with E-state index in [-0.39, 0.29) is 6.10 Å². The van der Waals surface area contributed by atoms with Crippen molar-refractivity contribution in [3.63, 3.8) is 0 Å². The number of aryl methyl sites for hydroxylation is 1. The number of pyridine rings is 1. The molecule has 0 aromatic carbocycles. The van der Waals surface area contributed by atoms with Crippen molar-refractivity contribution in [1.82, 2.24) is 10.3 Å². The summed E-state index contributed by atoms with van der Waals surface area (Å²) in [6, 6.07) is 7.98. The fourth-order valence-electron chi connectivity index (χ4n) is 1.92. The Balaban J connectivity index is 1.90. The fraction of sp³-hybridized carbons (Fsp3) is 0.438. The minimum Gasteiger partial charge on any atom is -0.475 e. The molecule has 0 atom stereocenters. The van der Waals surface area contributed by atoms with Crippen molar-refractivity contribution in [3.8, 4) is 5.88 Å². The van der Waals surface area contributed by atoms with Gasteiger partial charge in [0, 0.05) is 24.7 Å². The quantitative estimate of drug-likeness (QED) is 0.841. The van der Waals surface area contributed by atoms with Gasteiger partial charge in [0.25, 0.3) is 0 Å². The number of nitrogens with one attached hydrogen (secondary N) is 1. The predicted molar refractivity (Wildman–Crippen MR) is 78.6 cm³/mol. The van der Waals surface area contributed by atoms with Crippen molar-refractivity contribution in [2.24, 2.45) is 0 Å². The molecule has 0 fully saturated rings. The highest BCUT2D eigenvalue weighted by Crippen LogP contribution is 2.16. The average molecular weight is 274 g/mol. The van der Waals surface area contributed by atoms with Gasteiger partial charge in [-0.1, -0.05) is 13.0 Å². The van der Waals surface area contributed by atoms with Crippen LogP contribution in [0, 0.1) is 0 Å². The molecule has 0 unspecified atom stereocenters. The van der Waals surface area contributed by atoms with Crippen molar-refractivity contribution in [2.75, 3.05) is 0 Å². The Morgan fingerprint density at radius 1 is 1.20 bits per heavy atom. The zero-order valence-corrected chi connectivity index (χ0v) is 12.3. The summed E-state index contributed by atoms with van der Waals surface area (Å²) >= 11 is 0. The third kappa shape index (κ3) is 4.10. The molecule has 108 valence electrons. The summed E-state index contributed by atoms with van der Waals surface area (Å²) < 4.78 is 11.4. The molecule has 0 aliphatic carbocycles. The van der Waals surface area contributed by atoms with Crippen molar-refractivity contribution in [3.05, 3.63) is 47.5 Å². The van der Waals surface area contributed by atoms with E-state index in [2.05, 4.69) is 17.2 Å². The lowest BCUT2D eigenvalue weighted by Gasteiger charge is -2.12. The maximum absolute atomic E-state index is 5.70. The molecule has 4 nitrogen and oxygen atoms in total. The van der Waals surface area contributed by atoms with Gasteiger partial charge < -0.3 is 14.5 Å². The van der Waals surface area contributed by atoms with Crippen LogP contribution in [0.15, 0.2) is 34.9 Å². The third-order valence-electron chi connectivity index (χ3n) is 2.88. The lowest BCUT2D eigenvalue weighted by molar-refractivity contribution is 0.229. The molecule has 20 heavy (non-hydrogen) atoms. The van der Waals surface area contributed by atoms with E-state index in [1.54, 1.807) is 6.20 Å². The van der Waals surface area contributed by atoms with Gasteiger partial charge in [-0.2, -0.15) is 0 Å². The average Bonchev–Trinajstić information content (AvgIpc) is 2.88. The van der Waals surface area contributed by atoms with E-state index in [4.69, 9.17) is 9.15 Å². The van der Waals surface area contributed by atoms with Crippen LogP contribution in [0.4, 0.5) is 0 Å². The number of aromatic nitrogens is 1. The summed E-state index contributed by atoms with van der Waals surface area (Å²) in [4.78, 5) is 4.28. The molecule has 1 N–H and O–H groups in total. The maximum atomic E-state index is 5.70. The highest BCUT2D eigenvalue weighted by atomic mass is 16.5. The van der Waals surface area contributed by atoms with Crippen LogP contribution in [0.5, 0.6) is 5.88 Å². The molecule has 0 radical (unpaired) electrons. The third-order valence-corrected chi connectivity index (χ3v) is 2.88. The Labute approximate surface area is 120 Å². The van der Waals surface area contributed by atoms with Crippen molar-refractivity contribution < 1.29 is 9.15 Å². The van der Waals surface area contributed by atoms with E-state index < -0.39 is 0 Å². The molecule has 4 heteroatoms. The number of furan rings is 1. The maximum Gasteiger partial charge on any atom is 0.218 e. The lowest BCUT2D eigenvalue weighted by Crippen LogP contribution is -2.15. The first-order chi connectivity index (χ1) is 9.69. The van der Waals surface area contributed by atoms with Crippen LogP contribution in [0.2, 0.25) is 0 Å². The van der Waals surface area contributed by atoms with E-state index in [1.165, 1.54) is 0 Å². The molecule has 2 aromatic rings. The topological polar surface area (TPSA) is 47.3 Å². The molecule has 2 rings (SSSR count). The van der Waals surface area contributed by atoms with Crippen LogP contribution in [-0.2, 0) is 19.5 Å². The minimum atomic E-state index is 0.126. The molecule has 0 saturated heterocycles. The van der Waals surface area contributed by atoms with Crippen LogP contribution in [0.1, 0.15) is 37.9 Å². The largest absolute Gasteiger partial charge is 0.475 e. The van der Waals surface area contributed by atoms with Gasteiger partial charge in [-0.05, 0) is 32.0 Å². The second kappa shape index (κ2) is 7.10. The summed E-state index contributed by atoms with van der Waals surface area (Å²) in [5.74, 6) is 2.67. The number of nitrogens with zero attached hydrogens (tertiary/aromatic N) is 1. The van der Waals surface area contributed by atoms with E-state index >= 15 is 0 Å². The van der Waals surface area contributed by atoms with Gasteiger partial charge in [-0.3, -0.25) is 0 Å². The van der Waals surface area contributed by atoms with Crippen LogP contribution >= 0.6 is 0 Å². The van der Waals surface area contributed by atoms with E-state index in [0.29, 0.717) is 19.0 Å². The second-order valence-corrected chi connectivity index (χ2v) is 4.96. The Morgan fingerprint density at radius 2 is 2.00 bits per heavy atom. The van der Waals surface area contributed by atoms with Gasteiger partial charge in [0.05, 0.1) is 12.6 Å². The fourth-order valence-corrected chi connectivity index (χ4v) is 1.92. The normalized spacial score (nSPS) is 11.0. The molecule has 2 aromatic heterocycles. The Morgan fingerprint density at radius 3 is 2.70 bits per heavy atom. The van der Waals surface area contributed by atoms with Gasteiger partial charge in [-0.15, -0.1) is 0 Å². The van der Waals surface area contributed by atoms with Crippen molar-refractivity contribution >= 4 is 0 Å². The highest BCUT2D eigenvalue weighted by Gasteiger charge is 2.07. The predicted octanol–water partition coefficient (Wildman–Crippen LogP) is 3.31. The summed E-state index contributed by atoms with van der Waals surface area (Å²) in [6.45, 7) is 7.50. The number of hydrogen-bond donors (Lipinski definition) is 1. The smallest absolute Gasteiger partial charge is 0.218 e. The number of rotatable bonds is 7. The van der Waals surface area contributed by atoms with Crippen molar-refractivity contribution in [2.45, 2.75) is 46.4 Å². The van der Waals surface area contributed by atoms with E-state index in [9.17, 15) is 0 Å². The standard InChI is InChI=1S/C16H22N2O2/c1-4-14-7-8-15(20-14)11-17-10-13-6-5-9-18-16(13)19-12(2)3/h5-9,12,17H,4,10-11H2,1-3H3. The number of ether oxygens (including phenoxy) is 1. The van der Waals surface area contributed by atoms with Crippen LogP contribution < -0.4 is 10.1 Å². The molecule has 0 amide bonds. The molecule has 0 aliphatic rings. The Hall–Kier alpha value is -1.81. The molecular formula is C16H22N2O2. The first kappa shape index (κ1) is 14.6. The molecule has 2 heterocycles. The van der Waals surface area contributed by atoms with Crippen LogP contribution in [-0.4, -0.2) is 11.1 Å². The number of hydrogen-bond acceptors (Lipinski definition) is 4. The van der Waals surface area contributed by atoms with Gasteiger partial charge in [0.15, 0.2) is 0 Å². The molecule has 0 aliphatic heterocycles. The zero-order chi connectivity index (χ0) is 14.4. The first-order valence-electron chi connectivity index (χ1n) is 7.08. The molecule has 0 bridgehead atoms. The molecule has 0 saturated carbocycles. The second-order valence-electron chi connectivity index (χ2n) is 4.96. The van der Waals surface area contributed by atoms with Crippen LogP contribution in [0.25, 0.3) is 0 Å². The highest BCUT2D eigenvalue weighted by molar-refractivity contribution is 5.25. The summed E-state index contributed by atoms with van der Waals surface area (Å²) in [7, 11) is 0. The van der Waals surface area contributed by atoms with E-state index in [0.717, 1.165) is 23.5 Å². The lowest BCUT2D eigenvalue weighted by atomic mass is 10.2. The Kier molecular flexibility index (Phi) is 5.18. The molecule has 0 spiro atoms. The first-order valence-corrected chi connectivity index (χ1v) is 7.08. The van der Waals surface area contributed by atoms with Crippen LogP contribution in [0.3, 0.4) is 0 Å². The minimum absolute atomic E-state index is 0.126. The monoisotopic (exact) mass is 274 g/mol. The van der Waals surface area contributed by atoms with E-state index in [1.807, 2.05) is 38.1 Å². The SMILES string of the molecule is CCc1ccc(CNCc2cccnc2OC(C)C)o1. The van der Waals surface area contributed by atoms with Gasteiger partial charge >= 0.3 is 0 Å². The zero-order valence-electron chi connectivity index (χ0n) is 12.3. The summed E-state index contributed by atoms with van der Waals surface area (Å²) in [6.07, 6.45) is 2.80. The Bertz CT molecular complexity index is 535. The molecular weight excluding hydrogens is 252 g/mol.